The quantitative estimate of drug-likeness (QED) is 0.631. The molecular weight excluding hydrogens is 314 g/mol. The van der Waals surface area contributed by atoms with E-state index in [4.69, 9.17) is 0 Å². The number of rotatable bonds is 4. The number of likely N-dealkylation sites (N-methyl/N-ethyl adjacent to an activating group) is 1. The molecular formula is C15H19N5O2S. The molecule has 7 nitrogen and oxygen atoms in total. The Hall–Kier alpha value is -2.06. The highest BCUT2D eigenvalue weighted by Crippen LogP contribution is 2.36. The zero-order chi connectivity index (χ0) is 16.4. The van der Waals surface area contributed by atoms with Crippen LogP contribution >= 0.6 is 11.8 Å². The number of nitrogens with zero attached hydrogens (tertiary/aromatic N) is 5. The van der Waals surface area contributed by atoms with Gasteiger partial charge in [-0.3, -0.25) is 10.1 Å². The van der Waals surface area contributed by atoms with Crippen molar-refractivity contribution in [3.05, 3.63) is 40.7 Å². The Balaban J connectivity index is 1.90. The summed E-state index contributed by atoms with van der Waals surface area (Å²) in [6, 6.07) is 5.34. The topological polar surface area (TPSA) is 67.4 Å². The summed E-state index contributed by atoms with van der Waals surface area (Å²) < 4.78 is 1.86. The summed E-state index contributed by atoms with van der Waals surface area (Å²) in [6.45, 7) is 3.86. The number of imidazole rings is 1. The van der Waals surface area contributed by atoms with Crippen molar-refractivity contribution in [1.82, 2.24) is 14.5 Å². The van der Waals surface area contributed by atoms with Crippen molar-refractivity contribution in [3.63, 3.8) is 0 Å². The lowest BCUT2D eigenvalue weighted by Crippen LogP contribution is -2.44. The van der Waals surface area contributed by atoms with Gasteiger partial charge in [0.1, 0.15) is 0 Å². The van der Waals surface area contributed by atoms with Crippen LogP contribution in [0.25, 0.3) is 0 Å². The van der Waals surface area contributed by atoms with E-state index in [-0.39, 0.29) is 10.6 Å². The molecule has 0 radical (unpaired) electrons. The van der Waals surface area contributed by atoms with E-state index in [1.807, 2.05) is 29.9 Å². The second-order valence-corrected chi connectivity index (χ2v) is 6.63. The number of hydrogen-bond donors (Lipinski definition) is 0. The van der Waals surface area contributed by atoms with Crippen molar-refractivity contribution in [3.8, 4) is 0 Å². The van der Waals surface area contributed by atoms with Gasteiger partial charge >= 0.3 is 0 Å². The monoisotopic (exact) mass is 333 g/mol. The molecule has 1 aromatic heterocycles. The van der Waals surface area contributed by atoms with E-state index >= 15 is 0 Å². The van der Waals surface area contributed by atoms with Crippen LogP contribution in [-0.2, 0) is 7.05 Å². The van der Waals surface area contributed by atoms with Crippen LogP contribution in [0.2, 0.25) is 0 Å². The highest BCUT2D eigenvalue weighted by atomic mass is 32.2. The van der Waals surface area contributed by atoms with Gasteiger partial charge < -0.3 is 14.4 Å². The molecule has 0 unspecified atom stereocenters. The van der Waals surface area contributed by atoms with Gasteiger partial charge in [-0.05, 0) is 30.9 Å². The maximum Gasteiger partial charge on any atom is 0.283 e. The van der Waals surface area contributed by atoms with Crippen molar-refractivity contribution in [1.29, 1.82) is 0 Å². The molecule has 3 rings (SSSR count). The van der Waals surface area contributed by atoms with Crippen molar-refractivity contribution in [2.45, 2.75) is 10.1 Å². The Morgan fingerprint density at radius 2 is 1.96 bits per heavy atom. The molecule has 2 heterocycles. The van der Waals surface area contributed by atoms with Gasteiger partial charge in [0.25, 0.3) is 5.69 Å². The Bertz CT molecular complexity index is 710. The Kier molecular flexibility index (Phi) is 4.53. The standard InChI is InChI=1S/C15H19N5O2S/c1-17-7-9-19(10-8-17)12-3-4-13(20(21)22)14(11-12)23-15-16-5-6-18(15)2/h3-6,11H,7-10H2,1-2H3. The average Bonchev–Trinajstić information content (AvgIpc) is 2.93. The molecule has 1 saturated heterocycles. The maximum atomic E-state index is 11.3. The number of anilines is 1. The van der Waals surface area contributed by atoms with Gasteiger partial charge in [-0.2, -0.15) is 0 Å². The van der Waals surface area contributed by atoms with Crippen LogP contribution in [0.5, 0.6) is 0 Å². The Labute approximate surface area is 139 Å². The number of hydrogen-bond acceptors (Lipinski definition) is 6. The van der Waals surface area contributed by atoms with Crippen LogP contribution in [-0.4, -0.2) is 52.6 Å². The number of nitro groups is 1. The van der Waals surface area contributed by atoms with Gasteiger partial charge in [-0.25, -0.2) is 4.98 Å². The summed E-state index contributed by atoms with van der Waals surface area (Å²) in [5.74, 6) is 0. The second kappa shape index (κ2) is 6.59. The lowest BCUT2D eigenvalue weighted by Gasteiger charge is -2.34. The summed E-state index contributed by atoms with van der Waals surface area (Å²) in [5.41, 5.74) is 1.15. The van der Waals surface area contributed by atoms with Gasteiger partial charge in [-0.15, -0.1) is 0 Å². The van der Waals surface area contributed by atoms with E-state index in [0.717, 1.165) is 37.0 Å². The highest BCUT2D eigenvalue weighted by molar-refractivity contribution is 7.99. The molecule has 23 heavy (non-hydrogen) atoms. The Morgan fingerprint density at radius 1 is 1.22 bits per heavy atom. The number of benzene rings is 1. The van der Waals surface area contributed by atoms with Crippen LogP contribution in [0.15, 0.2) is 40.6 Å². The summed E-state index contributed by atoms with van der Waals surface area (Å²) >= 11 is 1.33. The maximum absolute atomic E-state index is 11.3. The lowest BCUT2D eigenvalue weighted by atomic mass is 10.2. The molecule has 0 amide bonds. The van der Waals surface area contributed by atoms with Crippen LogP contribution in [0, 0.1) is 10.1 Å². The number of aromatic nitrogens is 2. The third kappa shape index (κ3) is 3.48. The molecule has 122 valence electrons. The average molecular weight is 333 g/mol. The molecule has 2 aromatic rings. The molecule has 0 saturated carbocycles. The molecule has 1 fully saturated rings. The van der Waals surface area contributed by atoms with Gasteiger partial charge in [0.2, 0.25) is 0 Å². The number of aryl methyl sites for hydroxylation is 1. The molecule has 0 bridgehead atoms. The number of nitro benzene ring substituents is 1. The normalized spacial score (nSPS) is 15.8. The molecule has 0 atom stereocenters. The predicted molar refractivity (Wildman–Crippen MR) is 90.1 cm³/mol. The van der Waals surface area contributed by atoms with Crippen molar-refractivity contribution in [2.75, 3.05) is 38.1 Å². The zero-order valence-electron chi connectivity index (χ0n) is 13.2. The number of piperazine rings is 1. The third-order valence-corrected chi connectivity index (χ3v) is 5.11. The largest absolute Gasteiger partial charge is 0.369 e. The first-order valence-electron chi connectivity index (χ1n) is 7.41. The van der Waals surface area contributed by atoms with Crippen LogP contribution in [0.1, 0.15) is 0 Å². The van der Waals surface area contributed by atoms with Crippen LogP contribution in [0.3, 0.4) is 0 Å². The highest BCUT2D eigenvalue weighted by Gasteiger charge is 2.20. The van der Waals surface area contributed by atoms with Gasteiger partial charge in [-0.1, -0.05) is 0 Å². The Morgan fingerprint density at radius 3 is 2.57 bits per heavy atom. The van der Waals surface area contributed by atoms with Gasteiger partial charge in [0.15, 0.2) is 5.16 Å². The first-order valence-corrected chi connectivity index (χ1v) is 8.23. The first-order chi connectivity index (χ1) is 11.0. The minimum Gasteiger partial charge on any atom is -0.369 e. The van der Waals surface area contributed by atoms with Crippen LogP contribution in [0.4, 0.5) is 11.4 Å². The first kappa shape index (κ1) is 15.8. The summed E-state index contributed by atoms with van der Waals surface area (Å²) in [6.07, 6.45) is 3.52. The van der Waals surface area contributed by atoms with Crippen molar-refractivity contribution < 1.29 is 4.92 Å². The molecule has 0 aliphatic carbocycles. The third-order valence-electron chi connectivity index (χ3n) is 3.99. The second-order valence-electron chi connectivity index (χ2n) is 5.62. The smallest absolute Gasteiger partial charge is 0.283 e. The van der Waals surface area contributed by atoms with Crippen molar-refractivity contribution in [2.24, 2.45) is 7.05 Å². The molecule has 1 aromatic carbocycles. The summed E-state index contributed by atoms with van der Waals surface area (Å²) in [5, 5.41) is 12.0. The fourth-order valence-corrected chi connectivity index (χ4v) is 3.49. The lowest BCUT2D eigenvalue weighted by molar-refractivity contribution is -0.387. The van der Waals surface area contributed by atoms with E-state index in [9.17, 15) is 10.1 Å². The van der Waals surface area contributed by atoms with E-state index in [1.54, 1.807) is 12.3 Å². The summed E-state index contributed by atoms with van der Waals surface area (Å²) in [7, 11) is 3.99. The molecule has 0 N–H and O–H groups in total. The van der Waals surface area contributed by atoms with E-state index < -0.39 is 0 Å². The minimum absolute atomic E-state index is 0.121. The van der Waals surface area contributed by atoms with E-state index in [1.165, 1.54) is 11.8 Å². The fraction of sp³-hybridized carbons (Fsp3) is 0.400. The molecule has 1 aliphatic heterocycles. The van der Waals surface area contributed by atoms with Gasteiger partial charge in [0.05, 0.1) is 9.82 Å². The fourth-order valence-electron chi connectivity index (χ4n) is 2.55. The summed E-state index contributed by atoms with van der Waals surface area (Å²) in [4.78, 5) is 20.4. The zero-order valence-corrected chi connectivity index (χ0v) is 14.0. The predicted octanol–water partition coefficient (Wildman–Crippen LogP) is 2.23. The molecule has 8 heteroatoms. The molecule has 1 aliphatic rings. The van der Waals surface area contributed by atoms with Crippen molar-refractivity contribution >= 4 is 23.1 Å². The van der Waals surface area contributed by atoms with Gasteiger partial charge in [0, 0.05) is 57.4 Å². The SMILES string of the molecule is CN1CCN(c2ccc([N+](=O)[O-])c(Sc3nccn3C)c2)CC1. The van der Waals surface area contributed by atoms with Crippen LogP contribution < -0.4 is 4.90 Å². The van der Waals surface area contributed by atoms with E-state index in [2.05, 4.69) is 21.8 Å². The van der Waals surface area contributed by atoms with E-state index in [0.29, 0.717) is 4.90 Å². The minimum atomic E-state index is -0.334. The molecule has 0 spiro atoms.